The van der Waals surface area contributed by atoms with Crippen molar-refractivity contribution in [2.24, 2.45) is 0 Å². The fraction of sp³-hybridized carbons (Fsp3) is 0.240. The molecule has 0 unspecified atom stereocenters. The van der Waals surface area contributed by atoms with Gasteiger partial charge >= 0.3 is 0 Å². The van der Waals surface area contributed by atoms with E-state index in [1.165, 1.54) is 0 Å². The maximum atomic E-state index is 13.1. The van der Waals surface area contributed by atoms with Gasteiger partial charge in [-0.3, -0.25) is 4.79 Å². The van der Waals surface area contributed by atoms with Crippen molar-refractivity contribution in [2.45, 2.75) is 18.9 Å². The second-order valence-electron chi connectivity index (χ2n) is 7.05. The molecule has 4 nitrogen and oxygen atoms in total. The number of hydrogen-bond acceptors (Lipinski definition) is 3. The van der Waals surface area contributed by atoms with Gasteiger partial charge in [-0.2, -0.15) is 0 Å². The average molecular weight is 389 g/mol. The summed E-state index contributed by atoms with van der Waals surface area (Å²) in [6.45, 7) is 0.489. The molecule has 0 aliphatic heterocycles. The lowest BCUT2D eigenvalue weighted by Crippen LogP contribution is -2.28. The Bertz CT molecular complexity index is 864. The summed E-state index contributed by atoms with van der Waals surface area (Å²) < 4.78 is 10.7. The quantitative estimate of drug-likeness (QED) is 0.551. The van der Waals surface area contributed by atoms with Crippen LogP contribution in [0.5, 0.6) is 11.5 Å². The van der Waals surface area contributed by atoms with Crippen molar-refractivity contribution in [3.05, 3.63) is 95.6 Å². The van der Waals surface area contributed by atoms with Gasteiger partial charge < -0.3 is 14.4 Å². The first-order valence-corrected chi connectivity index (χ1v) is 9.66. The fourth-order valence-corrected chi connectivity index (χ4v) is 3.45. The van der Waals surface area contributed by atoms with Gasteiger partial charge in [0, 0.05) is 32.0 Å². The molecule has 29 heavy (non-hydrogen) atoms. The van der Waals surface area contributed by atoms with Gasteiger partial charge in [-0.05, 0) is 28.8 Å². The number of nitrogens with zero attached hydrogens (tertiary/aromatic N) is 1. The number of benzene rings is 3. The van der Waals surface area contributed by atoms with Gasteiger partial charge in [0.15, 0.2) is 0 Å². The molecule has 0 saturated heterocycles. The minimum absolute atomic E-state index is 0.0206. The van der Waals surface area contributed by atoms with Crippen LogP contribution in [0.3, 0.4) is 0 Å². The Morgan fingerprint density at radius 1 is 0.828 bits per heavy atom. The van der Waals surface area contributed by atoms with Gasteiger partial charge in [0.25, 0.3) is 0 Å². The standard InChI is InChI=1S/C25H27NO3/c1-26(18-19-14-22(28-2)16-23(15-19)29-3)25(27)17-24(20-10-6-4-7-11-20)21-12-8-5-9-13-21/h4-16,24H,17-18H2,1-3H3. The lowest BCUT2D eigenvalue weighted by atomic mass is 9.88. The third-order valence-electron chi connectivity index (χ3n) is 5.04. The molecule has 4 heteroatoms. The molecule has 0 saturated carbocycles. The van der Waals surface area contributed by atoms with Gasteiger partial charge in [-0.15, -0.1) is 0 Å². The number of ether oxygens (including phenoxy) is 2. The largest absolute Gasteiger partial charge is 0.497 e. The summed E-state index contributed by atoms with van der Waals surface area (Å²) in [5.41, 5.74) is 3.25. The summed E-state index contributed by atoms with van der Waals surface area (Å²) >= 11 is 0. The SMILES string of the molecule is COc1cc(CN(C)C(=O)CC(c2ccccc2)c2ccccc2)cc(OC)c1. The van der Waals surface area contributed by atoms with Crippen molar-refractivity contribution in [1.82, 2.24) is 4.90 Å². The molecule has 150 valence electrons. The van der Waals surface area contributed by atoms with Crippen molar-refractivity contribution in [2.75, 3.05) is 21.3 Å². The van der Waals surface area contributed by atoms with E-state index in [1.807, 2.05) is 61.6 Å². The smallest absolute Gasteiger partial charge is 0.223 e. The first-order chi connectivity index (χ1) is 14.1. The van der Waals surface area contributed by atoms with Gasteiger partial charge in [0.1, 0.15) is 11.5 Å². The molecule has 0 atom stereocenters. The second kappa shape index (κ2) is 9.78. The summed E-state index contributed by atoms with van der Waals surface area (Å²) in [6, 6.07) is 26.1. The summed E-state index contributed by atoms with van der Waals surface area (Å²) in [7, 11) is 5.08. The van der Waals surface area contributed by atoms with E-state index in [-0.39, 0.29) is 11.8 Å². The van der Waals surface area contributed by atoms with Crippen LogP contribution in [0.15, 0.2) is 78.9 Å². The molecule has 0 radical (unpaired) electrons. The highest BCUT2D eigenvalue weighted by Crippen LogP contribution is 2.29. The summed E-state index contributed by atoms with van der Waals surface area (Å²) in [5.74, 6) is 1.54. The van der Waals surface area contributed by atoms with Crippen LogP contribution < -0.4 is 9.47 Å². The Kier molecular flexibility index (Phi) is 6.90. The number of rotatable bonds is 8. The van der Waals surface area contributed by atoms with E-state index >= 15 is 0 Å². The number of methoxy groups -OCH3 is 2. The van der Waals surface area contributed by atoms with Crippen LogP contribution in [0.2, 0.25) is 0 Å². The normalized spacial score (nSPS) is 10.6. The number of hydrogen-bond donors (Lipinski definition) is 0. The molecule has 0 aromatic heterocycles. The molecule has 0 bridgehead atoms. The summed E-state index contributed by atoms with van der Waals surface area (Å²) in [6.07, 6.45) is 0.408. The molecular weight excluding hydrogens is 362 g/mol. The van der Waals surface area contributed by atoms with Gasteiger partial charge in [0.2, 0.25) is 5.91 Å². The third-order valence-corrected chi connectivity index (χ3v) is 5.04. The second-order valence-corrected chi connectivity index (χ2v) is 7.05. The Morgan fingerprint density at radius 3 is 1.76 bits per heavy atom. The van der Waals surface area contributed by atoms with Crippen molar-refractivity contribution in [3.63, 3.8) is 0 Å². The van der Waals surface area contributed by atoms with Crippen LogP contribution in [-0.4, -0.2) is 32.1 Å². The number of amides is 1. The van der Waals surface area contributed by atoms with E-state index in [0.717, 1.165) is 16.7 Å². The van der Waals surface area contributed by atoms with Crippen LogP contribution >= 0.6 is 0 Å². The van der Waals surface area contributed by atoms with E-state index in [4.69, 9.17) is 9.47 Å². The van der Waals surface area contributed by atoms with E-state index in [2.05, 4.69) is 24.3 Å². The van der Waals surface area contributed by atoms with Crippen LogP contribution in [-0.2, 0) is 11.3 Å². The van der Waals surface area contributed by atoms with Gasteiger partial charge in [0.05, 0.1) is 14.2 Å². The minimum atomic E-state index is 0.0206. The average Bonchev–Trinajstić information content (AvgIpc) is 2.78. The van der Waals surface area contributed by atoms with Crippen LogP contribution in [0.4, 0.5) is 0 Å². The third kappa shape index (κ3) is 5.38. The number of carbonyl (C=O) groups excluding carboxylic acids is 1. The van der Waals surface area contributed by atoms with Gasteiger partial charge in [-0.1, -0.05) is 60.7 Å². The number of carbonyl (C=O) groups is 1. The van der Waals surface area contributed by atoms with Crippen LogP contribution in [0, 0.1) is 0 Å². The lowest BCUT2D eigenvalue weighted by Gasteiger charge is -2.23. The van der Waals surface area contributed by atoms with E-state index in [1.54, 1.807) is 19.1 Å². The first kappa shape index (κ1) is 20.5. The summed E-state index contributed by atoms with van der Waals surface area (Å²) in [4.78, 5) is 14.8. The molecule has 3 rings (SSSR count). The first-order valence-electron chi connectivity index (χ1n) is 9.66. The van der Waals surface area contributed by atoms with Crippen LogP contribution in [0.1, 0.15) is 29.0 Å². The van der Waals surface area contributed by atoms with E-state index in [9.17, 15) is 4.79 Å². The minimum Gasteiger partial charge on any atom is -0.497 e. The Labute approximate surface area is 172 Å². The maximum Gasteiger partial charge on any atom is 0.223 e. The Morgan fingerprint density at radius 2 is 1.31 bits per heavy atom. The van der Waals surface area contributed by atoms with Crippen LogP contribution in [0.25, 0.3) is 0 Å². The molecular formula is C25H27NO3. The highest BCUT2D eigenvalue weighted by atomic mass is 16.5. The van der Waals surface area contributed by atoms with E-state index < -0.39 is 0 Å². The van der Waals surface area contributed by atoms with Crippen molar-refractivity contribution in [1.29, 1.82) is 0 Å². The molecule has 0 N–H and O–H groups in total. The van der Waals surface area contributed by atoms with Crippen molar-refractivity contribution >= 4 is 5.91 Å². The van der Waals surface area contributed by atoms with Crippen molar-refractivity contribution in [3.8, 4) is 11.5 Å². The highest BCUT2D eigenvalue weighted by Gasteiger charge is 2.20. The molecule has 0 fully saturated rings. The van der Waals surface area contributed by atoms with Crippen molar-refractivity contribution < 1.29 is 14.3 Å². The molecule has 0 aliphatic rings. The maximum absolute atomic E-state index is 13.1. The monoisotopic (exact) mass is 389 g/mol. The zero-order valence-electron chi connectivity index (χ0n) is 17.2. The van der Waals surface area contributed by atoms with E-state index in [0.29, 0.717) is 24.5 Å². The fourth-order valence-electron chi connectivity index (χ4n) is 3.45. The molecule has 3 aromatic carbocycles. The Balaban J connectivity index is 1.78. The predicted molar refractivity (Wildman–Crippen MR) is 115 cm³/mol. The molecule has 0 aliphatic carbocycles. The molecule has 1 amide bonds. The molecule has 0 heterocycles. The highest BCUT2D eigenvalue weighted by molar-refractivity contribution is 5.77. The summed E-state index contributed by atoms with van der Waals surface area (Å²) in [5, 5.41) is 0. The zero-order chi connectivity index (χ0) is 20.6. The Hall–Kier alpha value is -3.27. The zero-order valence-corrected chi connectivity index (χ0v) is 17.2. The molecule has 3 aromatic rings. The molecule has 0 spiro atoms. The topological polar surface area (TPSA) is 38.8 Å². The van der Waals surface area contributed by atoms with Gasteiger partial charge in [-0.25, -0.2) is 0 Å². The predicted octanol–water partition coefficient (Wildman–Crippen LogP) is 4.88. The lowest BCUT2D eigenvalue weighted by molar-refractivity contribution is -0.130.